The Morgan fingerprint density at radius 3 is 1.78 bits per heavy atom. The van der Waals surface area contributed by atoms with Gasteiger partial charge in [0.1, 0.15) is 11.2 Å². The summed E-state index contributed by atoms with van der Waals surface area (Å²) >= 11 is 0. The van der Waals surface area contributed by atoms with E-state index < -0.39 is 39.4 Å². The molecule has 2 aromatic rings. The fourth-order valence-corrected chi connectivity index (χ4v) is 8.06. The van der Waals surface area contributed by atoms with E-state index in [1.165, 1.54) is 0 Å². The molecular formula is C28H36O6Si2. The summed E-state index contributed by atoms with van der Waals surface area (Å²) in [5.74, 6) is -2.03. The number of Topliss-reactive ketones (excluding diaryl/α,β-unsaturated/α-hetero) is 3. The number of fused-ring (bicyclic) bond motifs is 3. The molecule has 0 spiro atoms. The van der Waals surface area contributed by atoms with Gasteiger partial charge in [0.15, 0.2) is 28.2 Å². The van der Waals surface area contributed by atoms with Crippen molar-refractivity contribution in [3.05, 3.63) is 53.1 Å². The number of carbonyl (C=O) groups excluding carboxylic acids is 4. The normalized spacial score (nSPS) is 15.1. The van der Waals surface area contributed by atoms with Crippen molar-refractivity contribution in [2.75, 3.05) is 0 Å². The zero-order valence-corrected chi connectivity index (χ0v) is 24.9. The monoisotopic (exact) mass is 524 g/mol. The average Bonchev–Trinajstić information content (AvgIpc) is 2.70. The van der Waals surface area contributed by atoms with Crippen LogP contribution in [0.25, 0.3) is 16.3 Å². The Kier molecular flexibility index (Phi) is 7.09. The van der Waals surface area contributed by atoms with E-state index in [0.29, 0.717) is 21.9 Å². The van der Waals surface area contributed by atoms with Crippen LogP contribution in [0.1, 0.15) is 54.0 Å². The van der Waals surface area contributed by atoms with Crippen LogP contribution in [-0.2, 0) is 18.4 Å². The first-order valence-corrected chi connectivity index (χ1v) is 18.9. The standard InChI is InChI=1S/C28H36O6Si2/c1-27(2,33-35(5,6)7)25(31)18-12-11-17-13-14-19-21(26(32)28(3,4)34-36(8,9)10)16-22(29)24(30)23(19)20(17)15-18/h11-16H,1-10H3. The fourth-order valence-electron chi connectivity index (χ4n) is 4.81. The van der Waals surface area contributed by atoms with Crippen molar-refractivity contribution in [1.29, 1.82) is 0 Å². The highest BCUT2D eigenvalue weighted by atomic mass is 28.4. The number of ketones is 4. The molecule has 0 unspecified atom stereocenters. The highest BCUT2D eigenvalue weighted by Gasteiger charge is 2.40. The molecule has 0 fully saturated rings. The van der Waals surface area contributed by atoms with E-state index in [0.717, 1.165) is 6.08 Å². The summed E-state index contributed by atoms with van der Waals surface area (Å²) in [7, 11) is -4.10. The Bertz CT molecular complexity index is 1320. The topological polar surface area (TPSA) is 86.7 Å². The Morgan fingerprint density at radius 2 is 1.25 bits per heavy atom. The lowest BCUT2D eigenvalue weighted by molar-refractivity contribution is -0.126. The van der Waals surface area contributed by atoms with Crippen molar-refractivity contribution in [3.8, 4) is 0 Å². The van der Waals surface area contributed by atoms with Gasteiger partial charge in [0, 0.05) is 22.8 Å². The smallest absolute Gasteiger partial charge is 0.234 e. The lowest BCUT2D eigenvalue weighted by Gasteiger charge is -2.33. The van der Waals surface area contributed by atoms with E-state index in [4.69, 9.17) is 8.85 Å². The molecule has 0 amide bonds. The molecule has 1 aliphatic rings. The molecule has 0 aliphatic heterocycles. The SMILES string of the molecule is CC(C)(O[Si](C)(C)C)C(=O)C1=CC(=O)C(=O)c2c1ccc1ccc(C(=O)C(C)(C)O[Si](C)(C)C)cc21. The number of carbonyl (C=O) groups is 4. The Morgan fingerprint density at radius 1 is 0.750 bits per heavy atom. The van der Waals surface area contributed by atoms with Crippen LogP contribution >= 0.6 is 0 Å². The van der Waals surface area contributed by atoms with Crippen LogP contribution in [0.5, 0.6) is 0 Å². The molecule has 0 aromatic heterocycles. The number of allylic oxidation sites excluding steroid dienone is 1. The number of rotatable bonds is 8. The molecule has 36 heavy (non-hydrogen) atoms. The number of hydrogen-bond donors (Lipinski definition) is 0. The Hall–Kier alpha value is -2.53. The van der Waals surface area contributed by atoms with E-state index in [-0.39, 0.29) is 22.7 Å². The van der Waals surface area contributed by atoms with Gasteiger partial charge in [-0.2, -0.15) is 0 Å². The molecule has 192 valence electrons. The first-order chi connectivity index (χ1) is 16.2. The van der Waals surface area contributed by atoms with Gasteiger partial charge in [-0.25, -0.2) is 0 Å². The minimum absolute atomic E-state index is 0.144. The van der Waals surface area contributed by atoms with Crippen LogP contribution < -0.4 is 0 Å². The first-order valence-electron chi connectivity index (χ1n) is 12.1. The zero-order chi connectivity index (χ0) is 27.4. The van der Waals surface area contributed by atoms with Gasteiger partial charge in [-0.1, -0.05) is 24.3 Å². The maximum atomic E-state index is 13.6. The molecule has 0 atom stereocenters. The molecule has 0 saturated carbocycles. The van der Waals surface area contributed by atoms with Gasteiger partial charge < -0.3 is 8.85 Å². The lowest BCUT2D eigenvalue weighted by atomic mass is 9.80. The summed E-state index contributed by atoms with van der Waals surface area (Å²) < 4.78 is 12.3. The summed E-state index contributed by atoms with van der Waals surface area (Å²) in [6.45, 7) is 18.9. The largest absolute Gasteiger partial charge is 0.405 e. The predicted molar refractivity (Wildman–Crippen MR) is 148 cm³/mol. The fraction of sp³-hybridized carbons (Fsp3) is 0.429. The minimum atomic E-state index is -2.09. The van der Waals surface area contributed by atoms with Crippen molar-refractivity contribution in [2.24, 2.45) is 0 Å². The first kappa shape index (κ1) is 28.1. The molecule has 1 aliphatic carbocycles. The maximum Gasteiger partial charge on any atom is 0.234 e. The molecular weight excluding hydrogens is 488 g/mol. The van der Waals surface area contributed by atoms with Crippen LogP contribution in [0.4, 0.5) is 0 Å². The molecule has 3 rings (SSSR count). The minimum Gasteiger partial charge on any atom is -0.405 e. The average molecular weight is 525 g/mol. The van der Waals surface area contributed by atoms with Crippen molar-refractivity contribution in [3.63, 3.8) is 0 Å². The summed E-state index contributed by atoms with van der Waals surface area (Å²) in [5.41, 5.74) is -1.16. The quantitative estimate of drug-likeness (QED) is 0.239. The third-order valence-corrected chi connectivity index (χ3v) is 8.01. The summed E-state index contributed by atoms with van der Waals surface area (Å²) in [6, 6.07) is 8.57. The van der Waals surface area contributed by atoms with Gasteiger partial charge in [-0.15, -0.1) is 0 Å². The van der Waals surface area contributed by atoms with Crippen LogP contribution in [0.15, 0.2) is 36.4 Å². The predicted octanol–water partition coefficient (Wildman–Crippen LogP) is 6.00. The molecule has 6 nitrogen and oxygen atoms in total. The van der Waals surface area contributed by atoms with Crippen molar-refractivity contribution in [1.82, 2.24) is 0 Å². The van der Waals surface area contributed by atoms with Crippen LogP contribution in [-0.4, -0.2) is 51.0 Å². The molecule has 0 radical (unpaired) electrons. The molecule has 0 saturated heterocycles. The van der Waals surface area contributed by atoms with Crippen molar-refractivity contribution in [2.45, 2.75) is 78.2 Å². The molecule has 0 N–H and O–H groups in total. The van der Waals surface area contributed by atoms with Gasteiger partial charge in [-0.3, -0.25) is 19.2 Å². The van der Waals surface area contributed by atoms with Gasteiger partial charge in [-0.05, 0) is 89.4 Å². The second-order valence-corrected chi connectivity index (χ2v) is 21.1. The van der Waals surface area contributed by atoms with Gasteiger partial charge in [0.2, 0.25) is 11.6 Å². The highest BCUT2D eigenvalue weighted by molar-refractivity contribution is 6.70. The van der Waals surface area contributed by atoms with Gasteiger partial charge >= 0.3 is 0 Å². The second-order valence-electron chi connectivity index (χ2n) is 12.3. The third kappa shape index (κ3) is 5.72. The van der Waals surface area contributed by atoms with E-state index in [1.54, 1.807) is 58.0 Å². The molecule has 2 aromatic carbocycles. The van der Waals surface area contributed by atoms with E-state index in [2.05, 4.69) is 0 Å². The van der Waals surface area contributed by atoms with Crippen LogP contribution in [0.3, 0.4) is 0 Å². The maximum absolute atomic E-state index is 13.6. The van der Waals surface area contributed by atoms with E-state index >= 15 is 0 Å². The molecule has 0 heterocycles. The Balaban J connectivity index is 2.17. The van der Waals surface area contributed by atoms with Crippen LogP contribution in [0, 0.1) is 0 Å². The van der Waals surface area contributed by atoms with Gasteiger partial charge in [0.25, 0.3) is 0 Å². The zero-order valence-electron chi connectivity index (χ0n) is 22.9. The number of benzene rings is 2. The summed E-state index contributed by atoms with van der Waals surface area (Å²) in [6.07, 6.45) is 1.12. The lowest BCUT2D eigenvalue weighted by Crippen LogP contribution is -2.45. The van der Waals surface area contributed by atoms with E-state index in [1.807, 2.05) is 39.3 Å². The molecule has 0 bridgehead atoms. The summed E-state index contributed by atoms with van der Waals surface area (Å²) in [5, 5.41) is 1.16. The van der Waals surface area contributed by atoms with Crippen molar-refractivity contribution < 1.29 is 28.0 Å². The molecule has 8 heteroatoms. The van der Waals surface area contributed by atoms with Gasteiger partial charge in [0.05, 0.1) is 0 Å². The Labute approximate surface area is 215 Å². The van der Waals surface area contributed by atoms with Crippen LogP contribution in [0.2, 0.25) is 39.3 Å². The number of hydrogen-bond acceptors (Lipinski definition) is 6. The third-order valence-electron chi connectivity index (χ3n) is 5.76. The van der Waals surface area contributed by atoms with Crippen molar-refractivity contribution >= 4 is 56.1 Å². The van der Waals surface area contributed by atoms with E-state index in [9.17, 15) is 19.2 Å². The highest BCUT2D eigenvalue weighted by Crippen LogP contribution is 2.36. The second kappa shape index (κ2) is 9.09. The summed E-state index contributed by atoms with van der Waals surface area (Å²) in [4.78, 5) is 52.9.